The summed E-state index contributed by atoms with van der Waals surface area (Å²) in [5.41, 5.74) is 0.740. The van der Waals surface area contributed by atoms with Crippen molar-refractivity contribution in [3.8, 4) is 0 Å². The second kappa shape index (κ2) is 9.58. The number of hydrogen-bond donors (Lipinski definition) is 2. The van der Waals surface area contributed by atoms with Gasteiger partial charge >= 0.3 is 6.03 Å². The molecule has 3 rings (SSSR count). The second-order valence-electron chi connectivity index (χ2n) is 7.93. The van der Waals surface area contributed by atoms with E-state index in [0.717, 1.165) is 31.4 Å². The molecule has 3 amide bonds. The van der Waals surface area contributed by atoms with Crippen LogP contribution in [0.2, 0.25) is 0 Å². The van der Waals surface area contributed by atoms with E-state index < -0.39 is 10.0 Å². The number of carbonyl (C=O) groups excluding carboxylic acids is 2. The summed E-state index contributed by atoms with van der Waals surface area (Å²) in [5, 5.41) is 5.89. The van der Waals surface area contributed by atoms with Crippen molar-refractivity contribution in [2.45, 2.75) is 25.7 Å². The highest BCUT2D eigenvalue weighted by Gasteiger charge is 2.30. The maximum Gasteiger partial charge on any atom is 0.321 e. The number of para-hydroxylation sites is 1. The molecule has 160 valence electrons. The maximum atomic E-state index is 12.6. The number of nitrogens with zero attached hydrogens (tertiary/aromatic N) is 2. The molecular formula is C20H30N4O4S. The van der Waals surface area contributed by atoms with Gasteiger partial charge in [0.1, 0.15) is 0 Å². The Morgan fingerprint density at radius 1 is 1.07 bits per heavy atom. The fraction of sp³-hybridized carbons (Fsp3) is 0.600. The molecule has 1 aromatic rings. The van der Waals surface area contributed by atoms with E-state index in [1.807, 2.05) is 30.3 Å². The third-order valence-electron chi connectivity index (χ3n) is 5.71. The van der Waals surface area contributed by atoms with E-state index in [1.165, 1.54) is 10.6 Å². The van der Waals surface area contributed by atoms with Gasteiger partial charge in [-0.05, 0) is 43.7 Å². The van der Waals surface area contributed by atoms with Gasteiger partial charge in [-0.25, -0.2) is 17.5 Å². The first-order valence-corrected chi connectivity index (χ1v) is 12.0. The lowest BCUT2D eigenvalue weighted by Crippen LogP contribution is -2.48. The normalized spacial score (nSPS) is 21.6. The van der Waals surface area contributed by atoms with Crippen LogP contribution in [0.4, 0.5) is 10.5 Å². The van der Waals surface area contributed by atoms with Gasteiger partial charge in [-0.1, -0.05) is 18.2 Å². The van der Waals surface area contributed by atoms with Crippen molar-refractivity contribution in [3.63, 3.8) is 0 Å². The third-order valence-corrected chi connectivity index (χ3v) is 7.02. The minimum absolute atomic E-state index is 0.0206. The largest absolute Gasteiger partial charge is 0.356 e. The smallest absolute Gasteiger partial charge is 0.321 e. The molecule has 1 atom stereocenters. The van der Waals surface area contributed by atoms with Crippen LogP contribution < -0.4 is 10.6 Å². The number of sulfonamides is 1. The van der Waals surface area contributed by atoms with E-state index in [2.05, 4.69) is 10.6 Å². The Bertz CT molecular complexity index is 807. The molecule has 1 aromatic carbocycles. The number of urea groups is 1. The molecule has 0 radical (unpaired) electrons. The molecule has 2 N–H and O–H groups in total. The summed E-state index contributed by atoms with van der Waals surface area (Å²) in [7, 11) is -3.13. The minimum Gasteiger partial charge on any atom is -0.356 e. The van der Waals surface area contributed by atoms with E-state index in [0.29, 0.717) is 32.7 Å². The Balaban J connectivity index is 1.43. The predicted molar refractivity (Wildman–Crippen MR) is 112 cm³/mol. The predicted octanol–water partition coefficient (Wildman–Crippen LogP) is 1.72. The average Bonchev–Trinajstić information content (AvgIpc) is 2.72. The van der Waals surface area contributed by atoms with E-state index >= 15 is 0 Å². The number of anilines is 1. The number of likely N-dealkylation sites (tertiary alicyclic amines) is 1. The van der Waals surface area contributed by atoms with Gasteiger partial charge in [-0.3, -0.25) is 4.79 Å². The molecule has 0 spiro atoms. The molecule has 1 unspecified atom stereocenters. The summed E-state index contributed by atoms with van der Waals surface area (Å²) < 4.78 is 24.7. The Hall–Kier alpha value is -2.13. The van der Waals surface area contributed by atoms with Gasteiger partial charge in [0.25, 0.3) is 0 Å². The zero-order chi connectivity index (χ0) is 20.9. The van der Waals surface area contributed by atoms with Crippen LogP contribution in [0.15, 0.2) is 30.3 Å². The van der Waals surface area contributed by atoms with E-state index in [9.17, 15) is 18.0 Å². The summed E-state index contributed by atoms with van der Waals surface area (Å²) in [4.78, 5) is 26.8. The fourth-order valence-corrected chi connectivity index (χ4v) is 4.81. The SMILES string of the molecule is CS(=O)(=O)N1CCC(CNC(=O)C2CCCN(C(=O)Nc3ccccc3)C2)CC1. The molecular weight excluding hydrogens is 392 g/mol. The summed E-state index contributed by atoms with van der Waals surface area (Å²) in [6.07, 6.45) is 4.31. The molecule has 29 heavy (non-hydrogen) atoms. The Morgan fingerprint density at radius 3 is 2.41 bits per heavy atom. The quantitative estimate of drug-likeness (QED) is 0.755. The highest BCUT2D eigenvalue weighted by atomic mass is 32.2. The summed E-state index contributed by atoms with van der Waals surface area (Å²) in [5.74, 6) is 0.0622. The van der Waals surface area contributed by atoms with Crippen molar-refractivity contribution in [1.82, 2.24) is 14.5 Å². The molecule has 8 nitrogen and oxygen atoms in total. The van der Waals surface area contributed by atoms with Crippen LogP contribution in [-0.2, 0) is 14.8 Å². The lowest BCUT2D eigenvalue weighted by Gasteiger charge is -2.33. The van der Waals surface area contributed by atoms with Crippen molar-refractivity contribution in [2.24, 2.45) is 11.8 Å². The maximum absolute atomic E-state index is 12.6. The van der Waals surface area contributed by atoms with Crippen LogP contribution in [0.5, 0.6) is 0 Å². The van der Waals surface area contributed by atoms with Gasteiger partial charge in [0, 0.05) is 38.4 Å². The standard InChI is InChI=1S/C20H30N4O4S/c1-29(27,28)24-12-9-16(10-13-24)14-21-19(25)17-6-5-11-23(15-17)20(26)22-18-7-3-2-4-8-18/h2-4,7-8,16-17H,5-6,9-15H2,1H3,(H,21,25)(H,22,26). The van der Waals surface area contributed by atoms with E-state index in [-0.39, 0.29) is 23.8 Å². The molecule has 0 bridgehead atoms. The molecule has 2 aliphatic heterocycles. The zero-order valence-electron chi connectivity index (χ0n) is 16.8. The second-order valence-corrected chi connectivity index (χ2v) is 9.91. The van der Waals surface area contributed by atoms with Gasteiger partial charge < -0.3 is 15.5 Å². The Kier molecular flexibility index (Phi) is 7.13. The van der Waals surface area contributed by atoms with Crippen LogP contribution >= 0.6 is 0 Å². The van der Waals surface area contributed by atoms with E-state index in [4.69, 9.17) is 0 Å². The Labute approximate surface area is 172 Å². The van der Waals surface area contributed by atoms with Gasteiger partial charge in [0.05, 0.1) is 12.2 Å². The Morgan fingerprint density at radius 2 is 1.76 bits per heavy atom. The number of amides is 3. The summed E-state index contributed by atoms with van der Waals surface area (Å²) in [6.45, 7) is 2.64. The number of piperidine rings is 2. The van der Waals surface area contributed by atoms with Crippen LogP contribution in [0.3, 0.4) is 0 Å². The molecule has 0 aromatic heterocycles. The molecule has 2 fully saturated rings. The molecule has 0 saturated carbocycles. The molecule has 2 aliphatic rings. The van der Waals surface area contributed by atoms with Crippen molar-refractivity contribution >= 4 is 27.6 Å². The molecule has 0 aliphatic carbocycles. The fourth-order valence-electron chi connectivity index (χ4n) is 3.93. The molecule has 9 heteroatoms. The first-order chi connectivity index (χ1) is 13.8. The number of carbonyl (C=O) groups is 2. The zero-order valence-corrected chi connectivity index (χ0v) is 17.7. The lowest BCUT2D eigenvalue weighted by molar-refractivity contribution is -0.126. The van der Waals surface area contributed by atoms with Gasteiger partial charge in [0.2, 0.25) is 15.9 Å². The van der Waals surface area contributed by atoms with Crippen LogP contribution in [-0.4, -0.2) is 68.5 Å². The lowest BCUT2D eigenvalue weighted by atomic mass is 9.95. The van der Waals surface area contributed by atoms with Crippen LogP contribution in [0.1, 0.15) is 25.7 Å². The summed E-state index contributed by atoms with van der Waals surface area (Å²) in [6, 6.07) is 9.11. The van der Waals surface area contributed by atoms with Gasteiger partial charge in [-0.2, -0.15) is 0 Å². The topological polar surface area (TPSA) is 98.8 Å². The van der Waals surface area contributed by atoms with Crippen LogP contribution in [0.25, 0.3) is 0 Å². The third kappa shape index (κ3) is 6.17. The van der Waals surface area contributed by atoms with Gasteiger partial charge in [0.15, 0.2) is 0 Å². The highest BCUT2D eigenvalue weighted by Crippen LogP contribution is 2.20. The monoisotopic (exact) mass is 422 g/mol. The number of benzene rings is 1. The number of nitrogens with one attached hydrogen (secondary N) is 2. The number of rotatable bonds is 5. The van der Waals surface area contributed by atoms with Gasteiger partial charge in [-0.15, -0.1) is 0 Å². The first kappa shape index (κ1) is 21.6. The summed E-state index contributed by atoms with van der Waals surface area (Å²) >= 11 is 0. The first-order valence-electron chi connectivity index (χ1n) is 10.2. The molecule has 2 saturated heterocycles. The average molecular weight is 423 g/mol. The van der Waals surface area contributed by atoms with Crippen LogP contribution in [0, 0.1) is 11.8 Å². The van der Waals surface area contributed by atoms with Crippen molar-refractivity contribution in [2.75, 3.05) is 44.3 Å². The van der Waals surface area contributed by atoms with E-state index in [1.54, 1.807) is 4.90 Å². The van der Waals surface area contributed by atoms with Crippen molar-refractivity contribution < 1.29 is 18.0 Å². The number of hydrogen-bond acceptors (Lipinski definition) is 4. The highest BCUT2D eigenvalue weighted by molar-refractivity contribution is 7.88. The molecule has 2 heterocycles. The van der Waals surface area contributed by atoms with Crippen molar-refractivity contribution in [3.05, 3.63) is 30.3 Å². The van der Waals surface area contributed by atoms with Crippen molar-refractivity contribution in [1.29, 1.82) is 0 Å². The minimum atomic E-state index is -3.13.